The van der Waals surface area contributed by atoms with Crippen molar-refractivity contribution in [1.29, 1.82) is 0 Å². The molecule has 0 aliphatic heterocycles. The van der Waals surface area contributed by atoms with E-state index < -0.39 is 32.8 Å². The minimum absolute atomic E-state index is 0. The summed E-state index contributed by atoms with van der Waals surface area (Å²) in [5.74, 6) is 9.77. The maximum atomic E-state index is 13.6. The fourth-order valence-electron chi connectivity index (χ4n) is 2.88. The van der Waals surface area contributed by atoms with Crippen molar-refractivity contribution < 1.29 is 57.4 Å². The van der Waals surface area contributed by atoms with Gasteiger partial charge in [-0.05, 0) is 24.3 Å². The summed E-state index contributed by atoms with van der Waals surface area (Å²) in [4.78, 5) is 0. The van der Waals surface area contributed by atoms with Gasteiger partial charge in [-0.2, -0.15) is 0 Å². The van der Waals surface area contributed by atoms with Crippen LogP contribution in [0.25, 0.3) is 0 Å². The Morgan fingerprint density at radius 2 is 0.969 bits per heavy atom. The van der Waals surface area contributed by atoms with Gasteiger partial charge in [0.15, 0.2) is 0 Å². The van der Waals surface area contributed by atoms with Gasteiger partial charge in [0.2, 0.25) is 0 Å². The van der Waals surface area contributed by atoms with Crippen molar-refractivity contribution in [2.45, 2.75) is 11.2 Å². The molecule has 0 N–H and O–H groups in total. The molecule has 2 aromatic rings. The molecule has 2 aromatic carbocycles. The van der Waals surface area contributed by atoms with Gasteiger partial charge in [-0.3, -0.25) is 0 Å². The van der Waals surface area contributed by atoms with Gasteiger partial charge in [-0.1, -0.05) is 83.3 Å². The molecule has 152 valence electrons. The standard InChI is InChI=1S/C24H16Cl2O4.2Li/c1-29-21-19(25)24(28,16-14-18-11-7-4-8-12-18)22(30-2)20(26)23(21,27)15-13-17-9-5-3-6-10-17;;/h3-12H,1-2H3;;/q-2;2*+1. The van der Waals surface area contributed by atoms with Crippen molar-refractivity contribution in [2.24, 2.45) is 0 Å². The molecular formula is C24H16Cl2Li2O4. The van der Waals surface area contributed by atoms with Gasteiger partial charge in [-0.25, -0.2) is 0 Å². The molecule has 0 bridgehead atoms. The molecule has 0 spiro atoms. The average Bonchev–Trinajstić information content (AvgIpc) is 2.77. The van der Waals surface area contributed by atoms with Crippen molar-refractivity contribution in [1.82, 2.24) is 0 Å². The summed E-state index contributed by atoms with van der Waals surface area (Å²) in [6.45, 7) is 0. The average molecular weight is 453 g/mol. The SMILES string of the molecule is COC1=C(Cl)C([O-])(C#Cc2ccccc2)C(OC)=C(Cl)C1([O-])C#Cc1ccccc1.[Li+].[Li+]. The third-order valence-corrected chi connectivity index (χ3v) is 5.25. The van der Waals surface area contributed by atoms with Crippen molar-refractivity contribution in [3.63, 3.8) is 0 Å². The predicted octanol–water partition coefficient (Wildman–Crippen LogP) is -3.50. The molecule has 0 saturated carbocycles. The Morgan fingerprint density at radius 1 is 0.656 bits per heavy atom. The van der Waals surface area contributed by atoms with Crippen LogP contribution in [0, 0.1) is 23.7 Å². The summed E-state index contributed by atoms with van der Waals surface area (Å²) in [6.07, 6.45) is 0. The molecule has 0 radical (unpaired) electrons. The fourth-order valence-corrected chi connectivity index (χ4v) is 3.57. The topological polar surface area (TPSA) is 64.6 Å². The number of hydrogen-bond donors (Lipinski definition) is 0. The fraction of sp³-hybridized carbons (Fsp3) is 0.167. The summed E-state index contributed by atoms with van der Waals surface area (Å²) < 4.78 is 10.4. The number of benzene rings is 2. The Bertz CT molecular complexity index is 1040. The van der Waals surface area contributed by atoms with Crippen LogP contribution in [-0.2, 0) is 9.47 Å². The second kappa shape index (κ2) is 12.0. The largest absolute Gasteiger partial charge is 1.00 e. The molecule has 2 atom stereocenters. The van der Waals surface area contributed by atoms with E-state index in [4.69, 9.17) is 32.7 Å². The van der Waals surface area contributed by atoms with Crippen LogP contribution in [0.3, 0.4) is 0 Å². The smallest absolute Gasteiger partial charge is 0.830 e. The quantitative estimate of drug-likeness (QED) is 0.350. The zero-order valence-electron chi connectivity index (χ0n) is 18.2. The van der Waals surface area contributed by atoms with E-state index in [1.807, 2.05) is 12.1 Å². The van der Waals surface area contributed by atoms with E-state index >= 15 is 0 Å². The molecule has 8 heteroatoms. The van der Waals surface area contributed by atoms with Crippen molar-refractivity contribution in [3.8, 4) is 23.7 Å². The van der Waals surface area contributed by atoms with Gasteiger partial charge < -0.3 is 19.7 Å². The van der Waals surface area contributed by atoms with Crippen molar-refractivity contribution >= 4 is 23.2 Å². The number of ether oxygens (including phenoxy) is 2. The first-order chi connectivity index (χ1) is 14.4. The van der Waals surface area contributed by atoms with Crippen LogP contribution in [0.2, 0.25) is 0 Å². The molecule has 1 aliphatic rings. The van der Waals surface area contributed by atoms with E-state index in [1.54, 1.807) is 48.5 Å². The number of rotatable bonds is 2. The molecule has 0 aromatic heterocycles. The molecule has 1 aliphatic carbocycles. The first kappa shape index (κ1) is 28.4. The molecule has 0 fully saturated rings. The van der Waals surface area contributed by atoms with Crippen LogP contribution >= 0.6 is 23.2 Å². The first-order valence-electron chi connectivity index (χ1n) is 8.83. The maximum absolute atomic E-state index is 13.6. The van der Waals surface area contributed by atoms with Crippen molar-refractivity contribution in [2.75, 3.05) is 14.2 Å². The minimum atomic E-state index is -2.42. The minimum Gasteiger partial charge on any atom is -0.830 e. The van der Waals surface area contributed by atoms with Gasteiger partial charge >= 0.3 is 37.7 Å². The summed E-state index contributed by atoms with van der Waals surface area (Å²) in [6, 6.07) is 17.7. The Labute approximate surface area is 221 Å². The molecule has 4 nitrogen and oxygen atoms in total. The Hall–Kier alpha value is -1.67. The summed E-state index contributed by atoms with van der Waals surface area (Å²) in [7, 11) is 2.45. The molecule has 32 heavy (non-hydrogen) atoms. The van der Waals surface area contributed by atoms with Crippen LogP contribution in [-0.4, -0.2) is 25.4 Å². The zero-order valence-corrected chi connectivity index (χ0v) is 19.7. The van der Waals surface area contributed by atoms with E-state index in [0.717, 1.165) is 0 Å². The van der Waals surface area contributed by atoms with Gasteiger partial charge in [0, 0.05) is 11.1 Å². The summed E-state index contributed by atoms with van der Waals surface area (Å²) in [5, 5.41) is 26.3. The molecule has 0 heterocycles. The third kappa shape index (κ3) is 5.45. The first-order valence-corrected chi connectivity index (χ1v) is 9.59. The number of hydrogen-bond acceptors (Lipinski definition) is 4. The van der Waals surface area contributed by atoms with Crippen LogP contribution in [0.4, 0.5) is 0 Å². The van der Waals surface area contributed by atoms with Crippen molar-refractivity contribution in [3.05, 3.63) is 93.4 Å². The molecule has 0 saturated heterocycles. The second-order valence-corrected chi connectivity index (χ2v) is 7.04. The van der Waals surface area contributed by atoms with Crippen LogP contribution < -0.4 is 47.9 Å². The van der Waals surface area contributed by atoms with Crippen LogP contribution in [0.1, 0.15) is 11.1 Å². The molecule has 2 unspecified atom stereocenters. The third-order valence-electron chi connectivity index (χ3n) is 4.38. The Balaban J connectivity index is 0.00000256. The van der Waals surface area contributed by atoms with E-state index in [0.29, 0.717) is 11.1 Å². The van der Waals surface area contributed by atoms with Gasteiger partial charge in [0.1, 0.15) is 11.5 Å². The number of halogens is 2. The van der Waals surface area contributed by atoms with E-state index in [1.165, 1.54) is 14.2 Å². The molecular weight excluding hydrogens is 437 g/mol. The Morgan fingerprint density at radius 3 is 1.25 bits per heavy atom. The summed E-state index contributed by atoms with van der Waals surface area (Å²) in [5.41, 5.74) is -3.66. The maximum Gasteiger partial charge on any atom is 1.00 e. The monoisotopic (exact) mass is 452 g/mol. The van der Waals surface area contributed by atoms with Gasteiger partial charge in [0.25, 0.3) is 0 Å². The Kier molecular flexibility index (Phi) is 10.6. The molecule has 3 rings (SSSR count). The normalized spacial score (nSPS) is 21.7. The van der Waals surface area contributed by atoms with Gasteiger partial charge in [-0.15, -0.1) is 0 Å². The van der Waals surface area contributed by atoms with E-state index in [2.05, 4.69) is 23.7 Å². The van der Waals surface area contributed by atoms with Crippen LogP contribution in [0.5, 0.6) is 0 Å². The van der Waals surface area contributed by atoms with E-state index in [9.17, 15) is 10.2 Å². The number of methoxy groups -OCH3 is 2. The van der Waals surface area contributed by atoms with Crippen LogP contribution in [0.15, 0.2) is 82.2 Å². The predicted molar refractivity (Wildman–Crippen MR) is 112 cm³/mol. The second-order valence-electron chi connectivity index (χ2n) is 6.29. The van der Waals surface area contributed by atoms with Gasteiger partial charge in [0.05, 0.1) is 35.5 Å². The summed E-state index contributed by atoms with van der Waals surface area (Å²) >= 11 is 12.7. The zero-order chi connectivity index (χ0) is 21.8. The molecule has 0 amide bonds. The van der Waals surface area contributed by atoms with E-state index in [-0.39, 0.29) is 37.7 Å².